The topological polar surface area (TPSA) is 72.8 Å². The molecule has 5 heteroatoms. The third kappa shape index (κ3) is 64.3. The van der Waals surface area contributed by atoms with E-state index in [1.807, 2.05) is 0 Å². The van der Waals surface area contributed by atoms with E-state index >= 15 is 0 Å². The molecule has 0 aromatic rings. The summed E-state index contributed by atoms with van der Waals surface area (Å²) in [5, 5.41) is 9.68. The summed E-state index contributed by atoms with van der Waals surface area (Å²) in [6.07, 6.45) is 101. The summed E-state index contributed by atoms with van der Waals surface area (Å²) in [5.74, 6) is -0.615. The van der Waals surface area contributed by atoms with Gasteiger partial charge in [0, 0.05) is 12.8 Å². The molecule has 1 N–H and O–H groups in total. The van der Waals surface area contributed by atoms with Crippen LogP contribution in [0.5, 0.6) is 0 Å². The number of aliphatic hydroxyl groups excluding tert-OH is 1. The van der Waals surface area contributed by atoms with E-state index in [2.05, 4.69) is 160 Å². The Kier molecular flexibility index (Phi) is 63.4. The molecule has 1 unspecified atom stereocenters. The molecule has 0 aliphatic heterocycles. The van der Waals surface area contributed by atoms with Crippen molar-refractivity contribution < 1.29 is 24.2 Å². The fourth-order valence-corrected chi connectivity index (χ4v) is 8.79. The molecule has 442 valence electrons. The predicted molar refractivity (Wildman–Crippen MR) is 343 cm³/mol. The number of allylic oxidation sites excluding steroid dienone is 24. The van der Waals surface area contributed by atoms with Gasteiger partial charge in [-0.05, 0) is 122 Å². The number of unbranched alkanes of at least 4 members (excludes halogenated alkanes) is 26. The molecule has 0 radical (unpaired) electrons. The van der Waals surface area contributed by atoms with Crippen LogP contribution >= 0.6 is 0 Å². The second-order valence-electron chi connectivity index (χ2n) is 21.1. The van der Waals surface area contributed by atoms with Crippen LogP contribution in [0.4, 0.5) is 0 Å². The minimum atomic E-state index is -0.793. The molecule has 0 fully saturated rings. The van der Waals surface area contributed by atoms with Crippen molar-refractivity contribution in [3.63, 3.8) is 0 Å². The summed E-state index contributed by atoms with van der Waals surface area (Å²) in [4.78, 5) is 24.6. The Morgan fingerprint density at radius 3 is 0.846 bits per heavy atom. The second kappa shape index (κ2) is 67.1. The summed E-state index contributed by atoms with van der Waals surface area (Å²) < 4.78 is 10.7. The zero-order valence-electron chi connectivity index (χ0n) is 50.6. The Balaban J connectivity index is 3.61. The van der Waals surface area contributed by atoms with E-state index in [-0.39, 0.29) is 25.2 Å². The fourth-order valence-electron chi connectivity index (χ4n) is 8.79. The minimum Gasteiger partial charge on any atom is -0.462 e. The Morgan fingerprint density at radius 2 is 0.551 bits per heavy atom. The first-order valence-corrected chi connectivity index (χ1v) is 32.4. The van der Waals surface area contributed by atoms with E-state index in [4.69, 9.17) is 9.47 Å². The Bertz CT molecular complexity index is 1650. The Labute approximate surface area is 482 Å². The van der Waals surface area contributed by atoms with E-state index in [1.54, 1.807) is 0 Å². The van der Waals surface area contributed by atoms with Crippen LogP contribution < -0.4 is 0 Å². The lowest BCUT2D eigenvalue weighted by molar-refractivity contribution is -0.161. The lowest BCUT2D eigenvalue weighted by Crippen LogP contribution is -2.28. The number of esters is 2. The summed E-state index contributed by atoms with van der Waals surface area (Å²) in [5.41, 5.74) is 0. The van der Waals surface area contributed by atoms with Crippen molar-refractivity contribution in [2.45, 2.75) is 290 Å². The smallest absolute Gasteiger partial charge is 0.306 e. The molecular formula is C73H120O5. The highest BCUT2D eigenvalue weighted by atomic mass is 16.6. The highest BCUT2D eigenvalue weighted by Crippen LogP contribution is 2.16. The maximum absolute atomic E-state index is 12.3. The number of aliphatic hydroxyl groups is 1. The maximum Gasteiger partial charge on any atom is 0.306 e. The molecule has 5 nitrogen and oxygen atoms in total. The number of hydrogen-bond acceptors (Lipinski definition) is 5. The van der Waals surface area contributed by atoms with Crippen molar-refractivity contribution in [2.24, 2.45) is 0 Å². The van der Waals surface area contributed by atoms with Crippen LogP contribution in [-0.4, -0.2) is 36.4 Å². The van der Waals surface area contributed by atoms with Crippen molar-refractivity contribution in [1.29, 1.82) is 0 Å². The number of carbonyl (C=O) groups excluding carboxylic acids is 2. The van der Waals surface area contributed by atoms with Gasteiger partial charge in [0.05, 0.1) is 6.61 Å². The summed E-state index contributed by atoms with van der Waals surface area (Å²) in [6.45, 7) is 4.02. The van der Waals surface area contributed by atoms with Gasteiger partial charge in [-0.25, -0.2) is 0 Å². The van der Waals surface area contributed by atoms with E-state index < -0.39 is 6.10 Å². The molecular weight excluding hydrogens is 957 g/mol. The minimum absolute atomic E-state index is 0.0805. The largest absolute Gasteiger partial charge is 0.462 e. The molecule has 0 heterocycles. The molecule has 1 atom stereocenters. The number of hydrogen-bond donors (Lipinski definition) is 1. The van der Waals surface area contributed by atoms with Crippen LogP contribution in [0.2, 0.25) is 0 Å². The summed E-state index contributed by atoms with van der Waals surface area (Å²) >= 11 is 0. The van der Waals surface area contributed by atoms with Crippen LogP contribution in [0.1, 0.15) is 284 Å². The van der Waals surface area contributed by atoms with Gasteiger partial charge in [0.1, 0.15) is 6.61 Å². The monoisotopic (exact) mass is 1080 g/mol. The Hall–Kier alpha value is -4.22. The molecule has 0 saturated heterocycles. The Morgan fingerprint density at radius 1 is 0.308 bits per heavy atom. The average molecular weight is 1080 g/mol. The van der Waals surface area contributed by atoms with Crippen LogP contribution in [0, 0.1) is 0 Å². The van der Waals surface area contributed by atoms with Crippen molar-refractivity contribution in [3.8, 4) is 0 Å². The first-order chi connectivity index (χ1) is 38.6. The maximum atomic E-state index is 12.3. The van der Waals surface area contributed by atoms with E-state index in [0.29, 0.717) is 12.8 Å². The van der Waals surface area contributed by atoms with Crippen LogP contribution in [-0.2, 0) is 19.1 Å². The fraction of sp³-hybridized carbons (Fsp3) is 0.644. The van der Waals surface area contributed by atoms with Crippen molar-refractivity contribution in [1.82, 2.24) is 0 Å². The molecule has 0 aliphatic rings. The highest BCUT2D eigenvalue weighted by Gasteiger charge is 2.16. The first-order valence-electron chi connectivity index (χ1n) is 32.4. The van der Waals surface area contributed by atoms with E-state index in [0.717, 1.165) is 128 Å². The van der Waals surface area contributed by atoms with Gasteiger partial charge >= 0.3 is 11.9 Å². The molecule has 0 aromatic carbocycles. The van der Waals surface area contributed by atoms with Gasteiger partial charge in [-0.3, -0.25) is 9.59 Å². The standard InChI is InChI=1S/C73H120O5/c1-3-5-7-9-11-13-15-17-19-21-23-25-27-29-30-31-32-33-34-35-36-37-38-39-40-41-42-44-46-48-50-52-54-56-58-60-62-64-66-68-73(76)78-71(69-74)70-77-72(75)67-65-63-61-59-57-55-53-51-49-47-45-43-28-26-24-22-20-18-16-14-12-10-8-6-4-2/h5,7,11,13,17,19,22-25,29-30,32-33,35-36,38-39,41-42,46,48,52,54,71,74H,3-4,6,8-10,12,14-16,18,20-21,26-28,31,34,37,40,43-45,47,49-51,53,55-70H2,1-2H3/b7-5-,13-11-,19-17-,24-22-,25-23-,30-29-,33-32-,36-35-,39-38-,42-41-,48-46-,54-52-. The molecule has 0 rings (SSSR count). The van der Waals surface area contributed by atoms with E-state index in [9.17, 15) is 14.7 Å². The zero-order valence-corrected chi connectivity index (χ0v) is 50.6. The van der Waals surface area contributed by atoms with Crippen molar-refractivity contribution >= 4 is 11.9 Å². The van der Waals surface area contributed by atoms with Gasteiger partial charge in [-0.2, -0.15) is 0 Å². The van der Waals surface area contributed by atoms with Crippen LogP contribution in [0.25, 0.3) is 0 Å². The van der Waals surface area contributed by atoms with Crippen LogP contribution in [0.15, 0.2) is 146 Å². The highest BCUT2D eigenvalue weighted by molar-refractivity contribution is 5.70. The first kappa shape index (κ1) is 73.8. The molecule has 0 amide bonds. The van der Waals surface area contributed by atoms with E-state index in [1.165, 1.54) is 128 Å². The summed E-state index contributed by atoms with van der Waals surface area (Å²) in [7, 11) is 0. The molecule has 78 heavy (non-hydrogen) atoms. The van der Waals surface area contributed by atoms with Crippen LogP contribution in [0.3, 0.4) is 0 Å². The van der Waals surface area contributed by atoms with Gasteiger partial charge in [-0.1, -0.05) is 295 Å². The molecule has 0 bridgehead atoms. The second-order valence-corrected chi connectivity index (χ2v) is 21.1. The molecule has 0 spiro atoms. The third-order valence-electron chi connectivity index (χ3n) is 13.6. The number of carbonyl (C=O) groups is 2. The number of rotatable bonds is 58. The lowest BCUT2D eigenvalue weighted by Gasteiger charge is -2.15. The number of ether oxygens (including phenoxy) is 2. The SMILES string of the molecule is CC/C=C\C/C=C\C/C=C\C/C=C\C/C=C\C/C=C\C/C=C\C/C=C\C/C=C\C/C=C\C/C=C\CCCCCCCC(=O)OC(CO)COC(=O)CCCCCCCCCCCCCCC/C=C\CCCCCCCCCC. The van der Waals surface area contributed by atoms with Gasteiger partial charge in [0.15, 0.2) is 6.10 Å². The van der Waals surface area contributed by atoms with Gasteiger partial charge in [0.25, 0.3) is 0 Å². The van der Waals surface area contributed by atoms with Crippen molar-refractivity contribution in [3.05, 3.63) is 146 Å². The predicted octanol–water partition coefficient (Wildman–Crippen LogP) is 22.5. The lowest BCUT2D eigenvalue weighted by atomic mass is 10.0. The normalized spacial score (nSPS) is 13.2. The quantitative estimate of drug-likeness (QED) is 0.0373. The summed E-state index contributed by atoms with van der Waals surface area (Å²) in [6, 6.07) is 0. The molecule has 0 saturated carbocycles. The zero-order chi connectivity index (χ0) is 56.2. The van der Waals surface area contributed by atoms with Gasteiger partial charge in [-0.15, -0.1) is 0 Å². The van der Waals surface area contributed by atoms with Crippen molar-refractivity contribution in [2.75, 3.05) is 13.2 Å². The van der Waals surface area contributed by atoms with Gasteiger partial charge in [0.2, 0.25) is 0 Å². The molecule has 0 aromatic heterocycles. The molecule has 0 aliphatic carbocycles. The third-order valence-corrected chi connectivity index (χ3v) is 13.6. The average Bonchev–Trinajstić information content (AvgIpc) is 3.44. The van der Waals surface area contributed by atoms with Gasteiger partial charge < -0.3 is 14.6 Å².